The molecule has 156 valence electrons. The maximum Gasteiger partial charge on any atom is 0.338 e. The van der Waals surface area contributed by atoms with Crippen LogP contribution in [0.3, 0.4) is 0 Å². The molecule has 1 atom stereocenters. The summed E-state index contributed by atoms with van der Waals surface area (Å²) in [6.07, 6.45) is 5.58. The van der Waals surface area contributed by atoms with Crippen molar-refractivity contribution in [3.63, 3.8) is 0 Å². The number of aliphatic hydroxyl groups is 1. The highest BCUT2D eigenvalue weighted by atomic mass is 16.5. The Labute approximate surface area is 171 Å². The van der Waals surface area contributed by atoms with Crippen molar-refractivity contribution in [3.8, 4) is 0 Å². The lowest BCUT2D eigenvalue weighted by atomic mass is 10.1. The standard InChI is InChI=1S/C23H29NO5/c1-5-18(25)14-29-23(28)17-9-10-19-20(13-17)22(27)24(21(19)26)12-11-16(4)8-6-7-15(2)3/h7,9-11,13,18,25H,5-6,8,12,14H2,1-4H3/b16-11-. The molecule has 1 aromatic carbocycles. The van der Waals surface area contributed by atoms with Crippen molar-refractivity contribution in [1.82, 2.24) is 4.90 Å². The normalized spacial score (nSPS) is 14.7. The summed E-state index contributed by atoms with van der Waals surface area (Å²) in [7, 11) is 0. The number of imide groups is 1. The molecule has 1 aromatic rings. The van der Waals surface area contributed by atoms with Gasteiger partial charge in [0.2, 0.25) is 0 Å². The van der Waals surface area contributed by atoms with Gasteiger partial charge in [-0.15, -0.1) is 0 Å². The maximum absolute atomic E-state index is 12.7. The molecule has 2 rings (SSSR count). The van der Waals surface area contributed by atoms with Gasteiger partial charge in [0.15, 0.2) is 0 Å². The fourth-order valence-electron chi connectivity index (χ4n) is 2.89. The number of ether oxygens (including phenoxy) is 1. The van der Waals surface area contributed by atoms with E-state index in [1.54, 1.807) is 6.92 Å². The first kappa shape index (κ1) is 22.6. The molecule has 1 aliphatic rings. The van der Waals surface area contributed by atoms with Crippen LogP contribution in [0.4, 0.5) is 0 Å². The third-order valence-corrected chi connectivity index (χ3v) is 4.80. The number of carbonyl (C=O) groups is 3. The molecule has 0 bridgehead atoms. The number of amides is 2. The molecule has 0 radical (unpaired) electrons. The molecule has 0 saturated carbocycles. The largest absolute Gasteiger partial charge is 0.459 e. The molecule has 6 heteroatoms. The molecule has 2 amide bonds. The Hall–Kier alpha value is -2.73. The second-order valence-corrected chi connectivity index (χ2v) is 7.51. The second kappa shape index (κ2) is 10.2. The van der Waals surface area contributed by atoms with Crippen LogP contribution in [0.1, 0.15) is 78.0 Å². The highest BCUT2D eigenvalue weighted by molar-refractivity contribution is 6.22. The average Bonchev–Trinajstić information content (AvgIpc) is 2.93. The Morgan fingerprint density at radius 2 is 1.83 bits per heavy atom. The highest BCUT2D eigenvalue weighted by Crippen LogP contribution is 2.24. The summed E-state index contributed by atoms with van der Waals surface area (Å²) >= 11 is 0. The van der Waals surface area contributed by atoms with Crippen molar-refractivity contribution in [2.75, 3.05) is 13.2 Å². The molecule has 0 saturated heterocycles. The number of nitrogens with zero attached hydrogens (tertiary/aromatic N) is 1. The van der Waals surface area contributed by atoms with Crippen LogP contribution in [0, 0.1) is 0 Å². The first-order valence-electron chi connectivity index (χ1n) is 9.89. The summed E-state index contributed by atoms with van der Waals surface area (Å²) in [4.78, 5) is 38.6. The lowest BCUT2D eigenvalue weighted by Gasteiger charge is -2.11. The van der Waals surface area contributed by atoms with E-state index in [9.17, 15) is 19.5 Å². The third-order valence-electron chi connectivity index (χ3n) is 4.80. The maximum atomic E-state index is 12.7. The number of esters is 1. The van der Waals surface area contributed by atoms with Crippen LogP contribution in [-0.4, -0.2) is 47.0 Å². The zero-order valence-corrected chi connectivity index (χ0v) is 17.5. The zero-order chi connectivity index (χ0) is 21.6. The van der Waals surface area contributed by atoms with Gasteiger partial charge in [-0.3, -0.25) is 14.5 Å². The van der Waals surface area contributed by atoms with Gasteiger partial charge in [-0.25, -0.2) is 4.79 Å². The highest BCUT2D eigenvalue weighted by Gasteiger charge is 2.35. The van der Waals surface area contributed by atoms with Gasteiger partial charge in [0.1, 0.15) is 6.61 Å². The van der Waals surface area contributed by atoms with Gasteiger partial charge in [-0.05, 0) is 58.2 Å². The van der Waals surface area contributed by atoms with E-state index in [1.165, 1.54) is 28.7 Å². The van der Waals surface area contributed by atoms with Crippen LogP contribution in [0.5, 0.6) is 0 Å². The fraction of sp³-hybridized carbons (Fsp3) is 0.435. The van der Waals surface area contributed by atoms with Crippen LogP contribution in [0.2, 0.25) is 0 Å². The number of allylic oxidation sites excluding steroid dienone is 3. The number of benzene rings is 1. The predicted octanol–water partition coefficient (Wildman–Crippen LogP) is 3.90. The van der Waals surface area contributed by atoms with Gasteiger partial charge in [-0.1, -0.05) is 30.2 Å². The Morgan fingerprint density at radius 1 is 1.14 bits per heavy atom. The molecule has 1 N–H and O–H groups in total. The molecule has 6 nitrogen and oxygen atoms in total. The number of fused-ring (bicyclic) bond motifs is 1. The van der Waals surface area contributed by atoms with E-state index >= 15 is 0 Å². The van der Waals surface area contributed by atoms with Crippen LogP contribution in [0.15, 0.2) is 41.5 Å². The van der Waals surface area contributed by atoms with Crippen molar-refractivity contribution in [2.24, 2.45) is 0 Å². The number of hydrogen-bond acceptors (Lipinski definition) is 5. The molecule has 0 aromatic heterocycles. The van der Waals surface area contributed by atoms with Crippen molar-refractivity contribution in [3.05, 3.63) is 58.2 Å². The van der Waals surface area contributed by atoms with Gasteiger partial charge < -0.3 is 9.84 Å². The Balaban J connectivity index is 2.06. The molecular weight excluding hydrogens is 370 g/mol. The van der Waals surface area contributed by atoms with Crippen LogP contribution in [-0.2, 0) is 4.74 Å². The summed E-state index contributed by atoms with van der Waals surface area (Å²) in [5, 5.41) is 9.51. The molecule has 1 heterocycles. The molecule has 29 heavy (non-hydrogen) atoms. The van der Waals surface area contributed by atoms with Gasteiger partial charge in [0, 0.05) is 6.54 Å². The van der Waals surface area contributed by atoms with E-state index < -0.39 is 18.0 Å². The van der Waals surface area contributed by atoms with E-state index in [0.717, 1.165) is 18.4 Å². The molecule has 0 fully saturated rings. The number of rotatable bonds is 9. The summed E-state index contributed by atoms with van der Waals surface area (Å²) in [5.74, 6) is -1.41. The minimum atomic E-state index is -0.723. The monoisotopic (exact) mass is 399 g/mol. The Morgan fingerprint density at radius 3 is 2.48 bits per heavy atom. The molecule has 0 spiro atoms. The smallest absolute Gasteiger partial charge is 0.338 e. The quantitative estimate of drug-likeness (QED) is 0.387. The topological polar surface area (TPSA) is 83.9 Å². The molecule has 0 aliphatic carbocycles. The molecular formula is C23H29NO5. The molecule has 1 unspecified atom stereocenters. The van der Waals surface area contributed by atoms with Crippen LogP contribution >= 0.6 is 0 Å². The first-order chi connectivity index (χ1) is 13.7. The van der Waals surface area contributed by atoms with E-state index in [2.05, 4.69) is 6.08 Å². The van der Waals surface area contributed by atoms with Crippen molar-refractivity contribution in [1.29, 1.82) is 0 Å². The van der Waals surface area contributed by atoms with Gasteiger partial charge in [-0.2, -0.15) is 0 Å². The van der Waals surface area contributed by atoms with Crippen molar-refractivity contribution < 1.29 is 24.2 Å². The lowest BCUT2D eigenvalue weighted by Crippen LogP contribution is -2.29. The van der Waals surface area contributed by atoms with Crippen molar-refractivity contribution >= 4 is 17.8 Å². The number of carbonyl (C=O) groups excluding carboxylic acids is 3. The predicted molar refractivity (Wildman–Crippen MR) is 111 cm³/mol. The summed E-state index contributed by atoms with van der Waals surface area (Å²) in [6, 6.07) is 4.34. The first-order valence-corrected chi connectivity index (χ1v) is 9.89. The van der Waals surface area contributed by atoms with Gasteiger partial charge in [0.25, 0.3) is 11.8 Å². The number of hydrogen-bond donors (Lipinski definition) is 1. The second-order valence-electron chi connectivity index (χ2n) is 7.51. The Kier molecular flexibility index (Phi) is 7.91. The third kappa shape index (κ3) is 5.87. The van der Waals surface area contributed by atoms with E-state index in [-0.39, 0.29) is 35.7 Å². The van der Waals surface area contributed by atoms with Crippen molar-refractivity contribution in [2.45, 2.75) is 53.1 Å². The summed E-state index contributed by atoms with van der Waals surface area (Å²) in [6.45, 7) is 7.96. The van der Waals surface area contributed by atoms with Crippen LogP contribution in [0.25, 0.3) is 0 Å². The van der Waals surface area contributed by atoms with Crippen LogP contribution < -0.4 is 0 Å². The van der Waals surface area contributed by atoms with E-state index in [1.807, 2.05) is 26.8 Å². The summed E-state index contributed by atoms with van der Waals surface area (Å²) < 4.78 is 5.05. The minimum Gasteiger partial charge on any atom is -0.459 e. The minimum absolute atomic E-state index is 0.109. The van der Waals surface area contributed by atoms with Gasteiger partial charge in [0.05, 0.1) is 22.8 Å². The Bertz CT molecular complexity index is 849. The lowest BCUT2D eigenvalue weighted by molar-refractivity contribution is 0.0250. The zero-order valence-electron chi connectivity index (χ0n) is 17.5. The SMILES string of the molecule is CCC(O)COC(=O)c1ccc2c(c1)C(=O)N(C/C=C(/C)CCC=C(C)C)C2=O. The number of aliphatic hydroxyl groups excluding tert-OH is 1. The van der Waals surface area contributed by atoms with Gasteiger partial charge >= 0.3 is 5.97 Å². The fourth-order valence-corrected chi connectivity index (χ4v) is 2.89. The van der Waals surface area contributed by atoms with E-state index in [4.69, 9.17) is 4.74 Å². The summed E-state index contributed by atoms with van der Waals surface area (Å²) in [5.41, 5.74) is 3.05. The average molecular weight is 399 g/mol. The van der Waals surface area contributed by atoms with E-state index in [0.29, 0.717) is 6.42 Å². The molecule has 1 aliphatic heterocycles.